The number of anilines is 2. The molecule has 0 spiro atoms. The molecule has 6 heteroatoms. The molecule has 3 amide bonds. The predicted molar refractivity (Wildman–Crippen MR) is 87.5 cm³/mol. The van der Waals surface area contributed by atoms with Gasteiger partial charge in [0.05, 0.1) is 5.69 Å². The number of ether oxygens (including phenoxy) is 1. The topological polar surface area (TPSA) is 79.5 Å². The van der Waals surface area contributed by atoms with E-state index in [0.29, 0.717) is 23.7 Å². The smallest absolute Gasteiger partial charge is 0.319 e. The molecule has 0 bridgehead atoms. The van der Waals surface area contributed by atoms with Crippen LogP contribution in [-0.2, 0) is 11.3 Å². The molecule has 1 unspecified atom stereocenters. The second-order valence-corrected chi connectivity index (χ2v) is 5.25. The molecular weight excluding hydrogens is 294 g/mol. The SMILES string of the molecule is CC1Oc2ccc(NC(=O)NCc3ccccc3)cc2NC1=O. The van der Waals surface area contributed by atoms with E-state index in [2.05, 4.69) is 16.0 Å². The molecule has 2 aromatic carbocycles. The summed E-state index contributed by atoms with van der Waals surface area (Å²) < 4.78 is 5.47. The van der Waals surface area contributed by atoms with Gasteiger partial charge >= 0.3 is 6.03 Å². The van der Waals surface area contributed by atoms with Crippen LogP contribution < -0.4 is 20.7 Å². The van der Waals surface area contributed by atoms with Crippen LogP contribution in [0, 0.1) is 0 Å². The molecule has 0 aliphatic carbocycles. The Bertz CT molecular complexity index is 731. The number of carbonyl (C=O) groups excluding carboxylic acids is 2. The lowest BCUT2D eigenvalue weighted by molar-refractivity contribution is -0.122. The van der Waals surface area contributed by atoms with Gasteiger partial charge in [-0.3, -0.25) is 4.79 Å². The zero-order chi connectivity index (χ0) is 16.2. The average Bonchev–Trinajstić information content (AvgIpc) is 2.55. The van der Waals surface area contributed by atoms with Crippen molar-refractivity contribution in [3.63, 3.8) is 0 Å². The second kappa shape index (κ2) is 6.39. The first-order chi connectivity index (χ1) is 11.1. The molecule has 23 heavy (non-hydrogen) atoms. The lowest BCUT2D eigenvalue weighted by atomic mass is 10.2. The average molecular weight is 311 g/mol. The Labute approximate surface area is 133 Å². The monoisotopic (exact) mass is 311 g/mol. The Hall–Kier alpha value is -3.02. The first kappa shape index (κ1) is 14.9. The van der Waals surface area contributed by atoms with Crippen molar-refractivity contribution >= 4 is 23.3 Å². The van der Waals surface area contributed by atoms with Crippen molar-refractivity contribution in [2.24, 2.45) is 0 Å². The van der Waals surface area contributed by atoms with Crippen molar-refractivity contribution in [1.82, 2.24) is 5.32 Å². The van der Waals surface area contributed by atoms with Gasteiger partial charge in [-0.25, -0.2) is 4.79 Å². The third kappa shape index (κ3) is 3.60. The van der Waals surface area contributed by atoms with Gasteiger partial charge in [0.2, 0.25) is 0 Å². The first-order valence-corrected chi connectivity index (χ1v) is 7.32. The van der Waals surface area contributed by atoms with Crippen LogP contribution in [-0.4, -0.2) is 18.0 Å². The van der Waals surface area contributed by atoms with Crippen LogP contribution in [0.3, 0.4) is 0 Å². The van der Waals surface area contributed by atoms with Crippen LogP contribution >= 0.6 is 0 Å². The van der Waals surface area contributed by atoms with Crippen LogP contribution in [0.1, 0.15) is 12.5 Å². The van der Waals surface area contributed by atoms with Crippen LogP contribution in [0.5, 0.6) is 5.75 Å². The van der Waals surface area contributed by atoms with Gasteiger partial charge in [0.1, 0.15) is 5.75 Å². The first-order valence-electron chi connectivity index (χ1n) is 7.32. The van der Waals surface area contributed by atoms with Gasteiger partial charge in [0, 0.05) is 12.2 Å². The summed E-state index contributed by atoms with van der Waals surface area (Å²) in [6.07, 6.45) is -0.518. The van der Waals surface area contributed by atoms with Gasteiger partial charge < -0.3 is 20.7 Å². The molecule has 6 nitrogen and oxygen atoms in total. The molecule has 1 heterocycles. The molecule has 1 atom stereocenters. The second-order valence-electron chi connectivity index (χ2n) is 5.25. The molecule has 0 radical (unpaired) electrons. The maximum Gasteiger partial charge on any atom is 0.319 e. The number of hydrogen-bond acceptors (Lipinski definition) is 3. The third-order valence-corrected chi connectivity index (χ3v) is 3.46. The fourth-order valence-electron chi connectivity index (χ4n) is 2.24. The van der Waals surface area contributed by atoms with Crippen molar-refractivity contribution < 1.29 is 14.3 Å². The highest BCUT2D eigenvalue weighted by Crippen LogP contribution is 2.32. The number of urea groups is 1. The van der Waals surface area contributed by atoms with Gasteiger partial charge in [-0.1, -0.05) is 30.3 Å². The predicted octanol–water partition coefficient (Wildman–Crippen LogP) is 2.73. The fraction of sp³-hybridized carbons (Fsp3) is 0.176. The zero-order valence-corrected chi connectivity index (χ0v) is 12.6. The molecule has 1 aliphatic heterocycles. The van der Waals surface area contributed by atoms with Crippen molar-refractivity contribution in [3.05, 3.63) is 54.1 Å². The molecule has 0 saturated carbocycles. The summed E-state index contributed by atoms with van der Waals surface area (Å²) >= 11 is 0. The highest BCUT2D eigenvalue weighted by molar-refractivity contribution is 5.99. The molecule has 0 saturated heterocycles. The van der Waals surface area contributed by atoms with Gasteiger partial charge in [0.25, 0.3) is 5.91 Å². The molecule has 3 rings (SSSR count). The highest BCUT2D eigenvalue weighted by Gasteiger charge is 2.23. The highest BCUT2D eigenvalue weighted by atomic mass is 16.5. The Kier molecular flexibility index (Phi) is 4.14. The molecular formula is C17H17N3O3. The Balaban J connectivity index is 1.61. The summed E-state index contributed by atoms with van der Waals surface area (Å²) in [7, 11) is 0. The standard InChI is InChI=1S/C17H17N3O3/c1-11-16(21)20-14-9-13(7-8-15(14)23-11)19-17(22)18-10-12-5-3-2-4-6-12/h2-9,11H,10H2,1H3,(H,20,21)(H2,18,19,22). The quantitative estimate of drug-likeness (QED) is 0.815. The number of rotatable bonds is 3. The number of benzene rings is 2. The molecule has 3 N–H and O–H groups in total. The molecule has 0 fully saturated rings. The van der Waals surface area contributed by atoms with E-state index >= 15 is 0 Å². The fourth-order valence-corrected chi connectivity index (χ4v) is 2.24. The number of nitrogens with one attached hydrogen (secondary N) is 3. The van der Waals surface area contributed by atoms with Crippen molar-refractivity contribution in [3.8, 4) is 5.75 Å². The number of carbonyl (C=O) groups is 2. The Morgan fingerprint density at radius 3 is 2.78 bits per heavy atom. The lowest BCUT2D eigenvalue weighted by Gasteiger charge is -2.23. The van der Waals surface area contributed by atoms with E-state index in [9.17, 15) is 9.59 Å². The van der Waals surface area contributed by atoms with Crippen LogP contribution in [0.15, 0.2) is 48.5 Å². The van der Waals surface area contributed by atoms with Crippen molar-refractivity contribution in [2.45, 2.75) is 19.6 Å². The summed E-state index contributed by atoms with van der Waals surface area (Å²) in [6.45, 7) is 2.12. The van der Waals surface area contributed by atoms with Gasteiger partial charge in [-0.05, 0) is 30.7 Å². The molecule has 118 valence electrons. The van der Waals surface area contributed by atoms with Crippen LogP contribution in [0.25, 0.3) is 0 Å². The van der Waals surface area contributed by atoms with E-state index in [0.717, 1.165) is 5.56 Å². The normalized spacial score (nSPS) is 15.9. The Morgan fingerprint density at radius 2 is 2.00 bits per heavy atom. The maximum absolute atomic E-state index is 11.9. The Morgan fingerprint density at radius 1 is 1.22 bits per heavy atom. The van der Waals surface area contributed by atoms with Crippen LogP contribution in [0.2, 0.25) is 0 Å². The zero-order valence-electron chi connectivity index (χ0n) is 12.6. The van der Waals surface area contributed by atoms with E-state index in [1.165, 1.54) is 0 Å². The van der Waals surface area contributed by atoms with Crippen molar-refractivity contribution in [1.29, 1.82) is 0 Å². The molecule has 2 aromatic rings. The van der Waals surface area contributed by atoms with E-state index in [-0.39, 0.29) is 11.9 Å². The van der Waals surface area contributed by atoms with Gasteiger partial charge in [-0.15, -0.1) is 0 Å². The summed E-state index contributed by atoms with van der Waals surface area (Å²) in [5.74, 6) is 0.385. The van der Waals surface area contributed by atoms with Crippen LogP contribution in [0.4, 0.5) is 16.2 Å². The minimum Gasteiger partial charge on any atom is -0.479 e. The summed E-state index contributed by atoms with van der Waals surface area (Å²) in [4.78, 5) is 23.5. The summed E-state index contributed by atoms with van der Waals surface area (Å²) in [6, 6.07) is 14.4. The maximum atomic E-state index is 11.9. The van der Waals surface area contributed by atoms with E-state index in [1.807, 2.05) is 30.3 Å². The van der Waals surface area contributed by atoms with Gasteiger partial charge in [-0.2, -0.15) is 0 Å². The van der Waals surface area contributed by atoms with E-state index < -0.39 is 6.10 Å². The number of fused-ring (bicyclic) bond motifs is 1. The largest absolute Gasteiger partial charge is 0.479 e. The number of hydrogen-bond donors (Lipinski definition) is 3. The number of amides is 3. The molecule has 0 aromatic heterocycles. The van der Waals surface area contributed by atoms with E-state index in [4.69, 9.17) is 4.74 Å². The summed E-state index contributed by atoms with van der Waals surface area (Å²) in [5, 5.41) is 8.25. The van der Waals surface area contributed by atoms with Gasteiger partial charge in [0.15, 0.2) is 6.10 Å². The minimum atomic E-state index is -0.518. The van der Waals surface area contributed by atoms with Crippen molar-refractivity contribution in [2.75, 3.05) is 10.6 Å². The molecule has 1 aliphatic rings. The lowest BCUT2D eigenvalue weighted by Crippen LogP contribution is -2.34. The minimum absolute atomic E-state index is 0.205. The third-order valence-electron chi connectivity index (χ3n) is 3.46. The van der Waals surface area contributed by atoms with E-state index in [1.54, 1.807) is 25.1 Å². The summed E-state index contributed by atoms with van der Waals surface area (Å²) in [5.41, 5.74) is 2.14.